The van der Waals surface area contributed by atoms with Crippen molar-refractivity contribution >= 4 is 13.9 Å². The second kappa shape index (κ2) is 8.32. The molecule has 0 spiro atoms. The van der Waals surface area contributed by atoms with E-state index in [1.165, 1.54) is 33.4 Å². The van der Waals surface area contributed by atoms with Crippen LogP contribution in [0.2, 0.25) is 11.5 Å². The molecule has 34 heavy (non-hydrogen) atoms. The van der Waals surface area contributed by atoms with E-state index in [2.05, 4.69) is 119 Å². The van der Waals surface area contributed by atoms with Crippen LogP contribution in [0.1, 0.15) is 116 Å². The van der Waals surface area contributed by atoms with Crippen LogP contribution in [0.15, 0.2) is 24.3 Å². The molecule has 2 nitrogen and oxygen atoms in total. The molecule has 0 bridgehead atoms. The van der Waals surface area contributed by atoms with Gasteiger partial charge in [-0.3, -0.25) is 0 Å². The number of hydrogen-bond acceptors (Lipinski definition) is 2. The molecule has 1 aliphatic heterocycles. The fourth-order valence-corrected chi connectivity index (χ4v) is 7.74. The summed E-state index contributed by atoms with van der Waals surface area (Å²) in [5, 5.41) is 0. The summed E-state index contributed by atoms with van der Waals surface area (Å²) >= 11 is -3.13. The van der Waals surface area contributed by atoms with E-state index in [1.807, 2.05) is 0 Å². The van der Waals surface area contributed by atoms with Gasteiger partial charge in [0.05, 0.1) is 0 Å². The van der Waals surface area contributed by atoms with Crippen LogP contribution in [0.4, 0.5) is 0 Å². The first kappa shape index (κ1) is 27.2. The molecule has 0 saturated carbocycles. The van der Waals surface area contributed by atoms with E-state index >= 15 is 0 Å². The van der Waals surface area contributed by atoms with E-state index in [-0.39, 0.29) is 21.7 Å². The second-order valence-electron chi connectivity index (χ2n) is 14.8. The number of benzene rings is 2. The van der Waals surface area contributed by atoms with Gasteiger partial charge in [0.15, 0.2) is 0 Å². The summed E-state index contributed by atoms with van der Waals surface area (Å²) in [6.45, 7) is 27.6. The molecule has 0 unspecified atom stereocenters. The Morgan fingerprint density at radius 1 is 0.529 bits per heavy atom. The van der Waals surface area contributed by atoms with Gasteiger partial charge in [0, 0.05) is 0 Å². The van der Waals surface area contributed by atoms with Gasteiger partial charge in [-0.25, -0.2) is 0 Å². The Balaban J connectivity index is 2.42. The summed E-state index contributed by atoms with van der Waals surface area (Å²) < 4.78 is 13.9. The van der Waals surface area contributed by atoms with Crippen molar-refractivity contribution in [3.8, 4) is 11.5 Å². The van der Waals surface area contributed by atoms with E-state index in [9.17, 15) is 0 Å². The topological polar surface area (TPSA) is 18.5 Å². The van der Waals surface area contributed by atoms with Crippen molar-refractivity contribution in [1.82, 2.24) is 0 Å². The zero-order valence-corrected chi connectivity index (χ0v) is 26.4. The first-order chi connectivity index (χ1) is 15.1. The predicted molar refractivity (Wildman–Crippen MR) is 149 cm³/mol. The van der Waals surface area contributed by atoms with Crippen LogP contribution in [0.5, 0.6) is 11.5 Å². The fraction of sp³-hybridized carbons (Fsp3) is 0.613. The summed E-state index contributed by atoms with van der Waals surface area (Å²) in [5.74, 6) is 6.59. The minimum absolute atomic E-state index is 0.0183. The maximum absolute atomic E-state index is 6.94. The van der Waals surface area contributed by atoms with Gasteiger partial charge in [0.25, 0.3) is 0 Å². The molecule has 0 amide bonds. The van der Waals surface area contributed by atoms with E-state index in [0.717, 1.165) is 17.9 Å². The molecule has 2 aromatic carbocycles. The van der Waals surface area contributed by atoms with Crippen LogP contribution >= 0.6 is 0 Å². The quantitative estimate of drug-likeness (QED) is 0.320. The number of rotatable bonds is 0. The van der Waals surface area contributed by atoms with Crippen LogP contribution in [-0.4, -0.2) is 13.9 Å². The summed E-state index contributed by atoms with van der Waals surface area (Å²) in [7, 11) is 0. The van der Waals surface area contributed by atoms with Crippen molar-refractivity contribution < 1.29 is 7.53 Å². The van der Waals surface area contributed by atoms with Gasteiger partial charge in [-0.1, -0.05) is 0 Å². The molecule has 188 valence electrons. The average molecular weight is 525 g/mol. The van der Waals surface area contributed by atoms with Gasteiger partial charge in [0.1, 0.15) is 0 Å². The van der Waals surface area contributed by atoms with Gasteiger partial charge in [-0.2, -0.15) is 0 Å². The summed E-state index contributed by atoms with van der Waals surface area (Å²) in [6.07, 6.45) is 0.822. The second-order valence-corrected chi connectivity index (χ2v) is 21.5. The SMILES string of the molecule is CC(C)(C)c1cc2c(c(C(C)(C)C)c1)[O][Ge]([CH3])([CH3])[O]c1c(cc(C(C)(C)C)cc1C(C)(C)C)C2. The molecule has 0 fully saturated rings. The Labute approximate surface area is 212 Å². The maximum atomic E-state index is 6.94. The normalized spacial score (nSPS) is 16.5. The fourth-order valence-electron chi connectivity index (χ4n) is 4.58. The van der Waals surface area contributed by atoms with Crippen LogP contribution in [0.3, 0.4) is 0 Å². The predicted octanol–water partition coefficient (Wildman–Crippen LogP) is 8.94. The van der Waals surface area contributed by atoms with Gasteiger partial charge in [-0.05, 0) is 0 Å². The molecule has 3 rings (SSSR count). The third-order valence-electron chi connectivity index (χ3n) is 6.76. The first-order valence-electron chi connectivity index (χ1n) is 12.8. The molecule has 0 atom stereocenters. The molecule has 1 aliphatic rings. The molecule has 0 saturated heterocycles. The molecule has 0 aromatic heterocycles. The molecular weight excluding hydrogens is 477 g/mol. The zero-order valence-electron chi connectivity index (χ0n) is 24.3. The molecule has 3 heteroatoms. The third-order valence-corrected chi connectivity index (χ3v) is 9.68. The Morgan fingerprint density at radius 3 is 1.12 bits per heavy atom. The number of hydrogen-bond donors (Lipinski definition) is 0. The van der Waals surface area contributed by atoms with Crippen molar-refractivity contribution in [3.05, 3.63) is 57.6 Å². The number of fused-ring (bicyclic) bond motifs is 2. The Hall–Kier alpha value is -1.42. The van der Waals surface area contributed by atoms with Crippen LogP contribution in [-0.2, 0) is 28.1 Å². The van der Waals surface area contributed by atoms with Gasteiger partial charge in [-0.15, -0.1) is 0 Å². The summed E-state index contributed by atoms with van der Waals surface area (Å²) in [6, 6.07) is 9.56. The Bertz CT molecular complexity index is 995. The van der Waals surface area contributed by atoms with E-state index in [4.69, 9.17) is 7.53 Å². The standard InChI is InChI=1S/C31H48GeO2/c1-28(2,3)22-16-20-15-21-17-23(29(4,5)6)19-25(31(10,11)12)27(21)34-32(13,14)33-26(20)24(18-22)30(7,8)9/h16-19H,15H2,1-14H3. The van der Waals surface area contributed by atoms with Crippen molar-refractivity contribution in [3.63, 3.8) is 0 Å². The van der Waals surface area contributed by atoms with Gasteiger partial charge < -0.3 is 0 Å². The molecular formula is C31H48GeO2. The zero-order chi connectivity index (χ0) is 26.1. The van der Waals surface area contributed by atoms with E-state index in [0.29, 0.717) is 0 Å². The summed E-state index contributed by atoms with van der Waals surface area (Å²) in [4.78, 5) is 0. The van der Waals surface area contributed by atoms with Crippen molar-refractivity contribution in [1.29, 1.82) is 0 Å². The van der Waals surface area contributed by atoms with Crippen molar-refractivity contribution in [2.45, 2.75) is 123 Å². The molecule has 1 heterocycles. The van der Waals surface area contributed by atoms with Crippen molar-refractivity contribution in [2.24, 2.45) is 0 Å². The van der Waals surface area contributed by atoms with Crippen LogP contribution < -0.4 is 7.53 Å². The average Bonchev–Trinajstić information content (AvgIpc) is 2.58. The third kappa shape index (κ3) is 5.69. The van der Waals surface area contributed by atoms with Gasteiger partial charge >= 0.3 is 213 Å². The molecule has 0 N–H and O–H groups in total. The summed E-state index contributed by atoms with van der Waals surface area (Å²) in [5.41, 5.74) is 8.03. The van der Waals surface area contributed by atoms with Crippen LogP contribution in [0, 0.1) is 0 Å². The minimum atomic E-state index is -3.13. The molecule has 2 aromatic rings. The molecule has 0 aliphatic carbocycles. The van der Waals surface area contributed by atoms with E-state index < -0.39 is 13.9 Å². The molecule has 0 radical (unpaired) electrons. The van der Waals surface area contributed by atoms with Gasteiger partial charge in [0.2, 0.25) is 0 Å². The Kier molecular flexibility index (Phi) is 6.65. The Morgan fingerprint density at radius 2 is 0.853 bits per heavy atom. The van der Waals surface area contributed by atoms with Crippen LogP contribution in [0.25, 0.3) is 0 Å². The first-order valence-corrected chi connectivity index (χ1v) is 18.7. The van der Waals surface area contributed by atoms with E-state index in [1.54, 1.807) is 0 Å². The monoisotopic (exact) mass is 526 g/mol. The van der Waals surface area contributed by atoms with Crippen molar-refractivity contribution in [2.75, 3.05) is 0 Å².